The minimum atomic E-state index is -0.0201. The molecule has 1 saturated carbocycles. The van der Waals surface area contributed by atoms with Crippen LogP contribution in [0, 0.1) is 5.92 Å². The van der Waals surface area contributed by atoms with E-state index in [9.17, 15) is 5.11 Å². The third kappa shape index (κ3) is 3.03. The van der Waals surface area contributed by atoms with E-state index in [0.29, 0.717) is 11.7 Å². The summed E-state index contributed by atoms with van der Waals surface area (Å²) in [6.07, 6.45) is 4.93. The van der Waals surface area contributed by atoms with Crippen molar-refractivity contribution in [2.24, 2.45) is 11.7 Å². The predicted molar refractivity (Wildman–Crippen MR) is 80.6 cm³/mol. The number of anilines is 1. The summed E-state index contributed by atoms with van der Waals surface area (Å²) in [5, 5.41) is 10.3. The largest absolute Gasteiger partial charge is 0.508 e. The first kappa shape index (κ1) is 14.2. The number of phenols is 1. The van der Waals surface area contributed by atoms with E-state index in [4.69, 9.17) is 5.73 Å². The quantitative estimate of drug-likeness (QED) is 0.854. The van der Waals surface area contributed by atoms with Gasteiger partial charge in [0.25, 0.3) is 0 Å². The molecule has 3 nitrogen and oxygen atoms in total. The molecule has 3 N–H and O–H groups in total. The van der Waals surface area contributed by atoms with Gasteiger partial charge in [-0.15, -0.1) is 0 Å². The number of benzene rings is 1. The van der Waals surface area contributed by atoms with Crippen LogP contribution >= 0.6 is 0 Å². The van der Waals surface area contributed by atoms with Crippen LogP contribution in [0.25, 0.3) is 0 Å². The first-order chi connectivity index (χ1) is 9.17. The van der Waals surface area contributed by atoms with Crippen LogP contribution in [0.1, 0.15) is 51.1 Å². The van der Waals surface area contributed by atoms with Gasteiger partial charge in [0, 0.05) is 36.4 Å². The lowest BCUT2D eigenvalue weighted by atomic mass is 9.91. The second-order valence-corrected chi connectivity index (χ2v) is 5.49. The Morgan fingerprint density at radius 2 is 1.89 bits per heavy atom. The van der Waals surface area contributed by atoms with Crippen molar-refractivity contribution in [3.8, 4) is 5.75 Å². The van der Waals surface area contributed by atoms with Crippen LogP contribution in [0.15, 0.2) is 18.2 Å². The molecule has 1 aliphatic carbocycles. The number of nitrogens with two attached hydrogens (primary N) is 1. The van der Waals surface area contributed by atoms with Gasteiger partial charge in [0.2, 0.25) is 0 Å². The average molecular weight is 262 g/mol. The molecule has 1 aromatic rings. The molecule has 2 rings (SSSR count). The summed E-state index contributed by atoms with van der Waals surface area (Å²) in [5.41, 5.74) is 8.30. The second kappa shape index (κ2) is 6.29. The van der Waals surface area contributed by atoms with Crippen molar-refractivity contribution in [3.05, 3.63) is 23.8 Å². The summed E-state index contributed by atoms with van der Waals surface area (Å²) >= 11 is 0. The Morgan fingerprint density at radius 3 is 2.42 bits per heavy atom. The molecule has 19 heavy (non-hydrogen) atoms. The molecular weight excluding hydrogens is 236 g/mol. The predicted octanol–water partition coefficient (Wildman–Crippen LogP) is 3.43. The third-order valence-electron chi connectivity index (χ3n) is 4.41. The maximum Gasteiger partial charge on any atom is 0.122 e. The van der Waals surface area contributed by atoms with E-state index in [-0.39, 0.29) is 6.04 Å². The van der Waals surface area contributed by atoms with Gasteiger partial charge in [0.15, 0.2) is 0 Å². The summed E-state index contributed by atoms with van der Waals surface area (Å²) < 4.78 is 0. The highest BCUT2D eigenvalue weighted by molar-refractivity contribution is 5.54. The molecule has 1 atom stereocenters. The normalized spacial score (nSPS) is 17.6. The highest BCUT2D eigenvalue weighted by Gasteiger charge is 2.25. The van der Waals surface area contributed by atoms with Gasteiger partial charge in [-0.05, 0) is 38.7 Å². The van der Waals surface area contributed by atoms with Crippen molar-refractivity contribution in [2.75, 3.05) is 18.0 Å². The smallest absolute Gasteiger partial charge is 0.122 e. The van der Waals surface area contributed by atoms with Gasteiger partial charge in [0.05, 0.1) is 0 Å². The fourth-order valence-electron chi connectivity index (χ4n) is 3.17. The fraction of sp³-hybridized carbons (Fsp3) is 0.625. The van der Waals surface area contributed by atoms with E-state index in [0.717, 1.165) is 24.3 Å². The van der Waals surface area contributed by atoms with E-state index in [1.807, 2.05) is 12.1 Å². The highest BCUT2D eigenvalue weighted by atomic mass is 16.3. The van der Waals surface area contributed by atoms with E-state index in [1.165, 1.54) is 25.7 Å². The number of aromatic hydroxyl groups is 1. The van der Waals surface area contributed by atoms with E-state index >= 15 is 0 Å². The van der Waals surface area contributed by atoms with Gasteiger partial charge in [0.1, 0.15) is 5.75 Å². The topological polar surface area (TPSA) is 49.5 Å². The Labute approximate surface area is 116 Å². The minimum absolute atomic E-state index is 0.0201. The molecule has 1 aliphatic rings. The molecule has 0 spiro atoms. The first-order valence-corrected chi connectivity index (χ1v) is 7.50. The van der Waals surface area contributed by atoms with Crippen molar-refractivity contribution >= 4 is 5.69 Å². The van der Waals surface area contributed by atoms with Gasteiger partial charge in [-0.1, -0.05) is 18.9 Å². The number of hydrogen-bond donors (Lipinski definition) is 2. The number of hydrogen-bond acceptors (Lipinski definition) is 3. The zero-order chi connectivity index (χ0) is 13.8. The summed E-state index contributed by atoms with van der Waals surface area (Å²) in [5.74, 6) is 0.883. The Bertz CT molecular complexity index is 409. The molecule has 106 valence electrons. The molecule has 3 heteroatoms. The number of nitrogens with zero attached hydrogens (tertiary/aromatic N) is 1. The summed E-state index contributed by atoms with van der Waals surface area (Å²) in [4.78, 5) is 2.23. The number of phenolic OH excluding ortho intramolecular Hbond substituents is 1. The summed E-state index contributed by atoms with van der Waals surface area (Å²) in [6, 6.07) is 5.92. The van der Waals surface area contributed by atoms with Crippen LogP contribution in [0.2, 0.25) is 0 Å². The second-order valence-electron chi connectivity index (χ2n) is 5.49. The van der Waals surface area contributed by atoms with Gasteiger partial charge < -0.3 is 15.7 Å². The van der Waals surface area contributed by atoms with E-state index < -0.39 is 0 Å². The minimum Gasteiger partial charge on any atom is -0.508 e. The lowest BCUT2D eigenvalue weighted by Crippen LogP contribution is -2.22. The summed E-state index contributed by atoms with van der Waals surface area (Å²) in [7, 11) is 0. The maximum atomic E-state index is 10.3. The standard InChI is InChI=1S/C16H26N2O/c1-3-18(4-2)13-9-10-14(15(19)11-13)16(17)12-7-5-6-8-12/h9-12,16,19H,3-8,17H2,1-2H3/t16-/m1/s1. The van der Waals surface area contributed by atoms with Gasteiger partial charge in [-0.25, -0.2) is 0 Å². The molecule has 0 heterocycles. The molecule has 0 saturated heterocycles. The zero-order valence-corrected chi connectivity index (χ0v) is 12.1. The molecule has 0 amide bonds. The molecule has 0 unspecified atom stereocenters. The lowest BCUT2D eigenvalue weighted by molar-refractivity contribution is 0.412. The molecular formula is C16H26N2O. The summed E-state index contributed by atoms with van der Waals surface area (Å²) in [6.45, 7) is 6.14. The highest BCUT2D eigenvalue weighted by Crippen LogP contribution is 2.38. The van der Waals surface area contributed by atoms with Crippen LogP contribution in [-0.4, -0.2) is 18.2 Å². The Morgan fingerprint density at radius 1 is 1.26 bits per heavy atom. The van der Waals surface area contributed by atoms with E-state index in [2.05, 4.69) is 24.8 Å². The van der Waals surface area contributed by atoms with Crippen LogP contribution in [0.4, 0.5) is 5.69 Å². The number of rotatable bonds is 5. The van der Waals surface area contributed by atoms with Crippen molar-refractivity contribution in [1.29, 1.82) is 0 Å². The van der Waals surface area contributed by atoms with Crippen molar-refractivity contribution in [2.45, 2.75) is 45.6 Å². The maximum absolute atomic E-state index is 10.3. The van der Waals surface area contributed by atoms with Crippen LogP contribution < -0.4 is 10.6 Å². The SMILES string of the molecule is CCN(CC)c1ccc([C@H](N)C2CCCC2)c(O)c1. The Hall–Kier alpha value is -1.22. The fourth-order valence-corrected chi connectivity index (χ4v) is 3.17. The molecule has 0 aromatic heterocycles. The van der Waals surface area contributed by atoms with Crippen LogP contribution in [0.3, 0.4) is 0 Å². The van der Waals surface area contributed by atoms with Crippen molar-refractivity contribution in [3.63, 3.8) is 0 Å². The van der Waals surface area contributed by atoms with Gasteiger partial charge in [-0.2, -0.15) is 0 Å². The Kier molecular flexibility index (Phi) is 4.70. The van der Waals surface area contributed by atoms with Crippen LogP contribution in [0.5, 0.6) is 5.75 Å². The van der Waals surface area contributed by atoms with E-state index in [1.54, 1.807) is 0 Å². The molecule has 0 bridgehead atoms. The van der Waals surface area contributed by atoms with Gasteiger partial charge in [-0.3, -0.25) is 0 Å². The molecule has 1 fully saturated rings. The van der Waals surface area contributed by atoms with Crippen molar-refractivity contribution < 1.29 is 5.11 Å². The molecule has 0 radical (unpaired) electrons. The first-order valence-electron chi connectivity index (χ1n) is 7.50. The molecule has 0 aliphatic heterocycles. The molecule has 1 aromatic carbocycles. The van der Waals surface area contributed by atoms with Crippen LogP contribution in [-0.2, 0) is 0 Å². The third-order valence-corrected chi connectivity index (χ3v) is 4.41. The average Bonchev–Trinajstić information content (AvgIpc) is 2.93. The Balaban J connectivity index is 2.18. The monoisotopic (exact) mass is 262 g/mol. The lowest BCUT2D eigenvalue weighted by Gasteiger charge is -2.24. The van der Waals surface area contributed by atoms with Gasteiger partial charge >= 0.3 is 0 Å². The van der Waals surface area contributed by atoms with Crippen molar-refractivity contribution in [1.82, 2.24) is 0 Å². The zero-order valence-electron chi connectivity index (χ0n) is 12.1.